The van der Waals surface area contributed by atoms with Gasteiger partial charge in [0.1, 0.15) is 6.10 Å². The zero-order valence-electron chi connectivity index (χ0n) is 4.74. The lowest BCUT2D eigenvalue weighted by molar-refractivity contribution is -0.483. The zero-order valence-corrected chi connectivity index (χ0v) is 4.74. The van der Waals surface area contributed by atoms with E-state index in [1.165, 1.54) is 6.21 Å². The van der Waals surface area contributed by atoms with Crippen molar-refractivity contribution in [2.45, 2.75) is 25.5 Å². The summed E-state index contributed by atoms with van der Waals surface area (Å²) in [7, 11) is 0. The summed E-state index contributed by atoms with van der Waals surface area (Å²) in [5.41, 5.74) is 0. The van der Waals surface area contributed by atoms with E-state index in [9.17, 15) is 5.21 Å². The monoisotopic (exact) mass is 115 g/mol. The topological polar surface area (TPSA) is 46.3 Å². The quantitative estimate of drug-likeness (QED) is 0.348. The van der Waals surface area contributed by atoms with E-state index in [0.717, 1.165) is 4.74 Å². The number of hydrogen-bond donors (Lipinski definition) is 1. The maximum atomic E-state index is 10.5. The zero-order chi connectivity index (χ0) is 6.15. The van der Waals surface area contributed by atoms with E-state index in [1.807, 2.05) is 0 Å². The Morgan fingerprint density at radius 2 is 2.50 bits per heavy atom. The van der Waals surface area contributed by atoms with Gasteiger partial charge >= 0.3 is 0 Å². The Kier molecular flexibility index (Phi) is 1.21. The minimum Gasteiger partial charge on any atom is -0.624 e. The summed E-state index contributed by atoms with van der Waals surface area (Å²) in [6.45, 7) is 1.79. The number of hydroxylamine groups is 1. The van der Waals surface area contributed by atoms with Crippen LogP contribution in [0, 0.1) is 5.21 Å². The highest BCUT2D eigenvalue weighted by Gasteiger charge is 2.23. The van der Waals surface area contributed by atoms with Crippen LogP contribution in [0.5, 0.6) is 0 Å². The molecule has 1 N–H and O–H groups in total. The third-order valence-corrected chi connectivity index (χ3v) is 1.34. The van der Waals surface area contributed by atoms with Crippen LogP contribution in [0.2, 0.25) is 0 Å². The Bertz CT molecular complexity index is 122. The highest BCUT2D eigenvalue weighted by atomic mass is 16.5. The summed E-state index contributed by atoms with van der Waals surface area (Å²) in [6.07, 6.45) is 1.36. The van der Waals surface area contributed by atoms with Crippen LogP contribution in [0.3, 0.4) is 0 Å². The van der Waals surface area contributed by atoms with Gasteiger partial charge in [0.15, 0.2) is 12.3 Å². The van der Waals surface area contributed by atoms with Crippen LogP contribution in [0.1, 0.15) is 13.3 Å². The normalized spacial score (nSPS) is 37.5. The third-order valence-electron chi connectivity index (χ3n) is 1.34. The van der Waals surface area contributed by atoms with Gasteiger partial charge in [-0.25, -0.2) is 4.74 Å². The molecule has 0 aromatic carbocycles. The Morgan fingerprint density at radius 3 is 2.62 bits per heavy atom. The van der Waals surface area contributed by atoms with Crippen molar-refractivity contribution in [2.24, 2.45) is 0 Å². The van der Waals surface area contributed by atoms with Crippen LogP contribution in [-0.4, -0.2) is 28.2 Å². The van der Waals surface area contributed by atoms with Gasteiger partial charge in [-0.2, -0.15) is 0 Å². The smallest absolute Gasteiger partial charge is 0.180 e. The first-order chi connectivity index (χ1) is 3.70. The van der Waals surface area contributed by atoms with Crippen molar-refractivity contribution in [1.29, 1.82) is 0 Å². The van der Waals surface area contributed by atoms with Crippen molar-refractivity contribution < 1.29 is 9.85 Å². The number of hydrogen-bond acceptors (Lipinski definition) is 2. The number of aliphatic hydroxyl groups is 1. The molecule has 8 heavy (non-hydrogen) atoms. The number of rotatable bonds is 0. The highest BCUT2D eigenvalue weighted by Crippen LogP contribution is 2.05. The predicted molar refractivity (Wildman–Crippen MR) is 29.8 cm³/mol. The molecule has 0 radical (unpaired) electrons. The average Bonchev–Trinajstić information content (AvgIpc) is 1.85. The van der Waals surface area contributed by atoms with Crippen molar-refractivity contribution in [3.8, 4) is 0 Å². The van der Waals surface area contributed by atoms with E-state index < -0.39 is 6.10 Å². The van der Waals surface area contributed by atoms with Gasteiger partial charge in [-0.3, -0.25) is 0 Å². The van der Waals surface area contributed by atoms with E-state index in [2.05, 4.69) is 0 Å². The maximum Gasteiger partial charge on any atom is 0.180 e. The van der Waals surface area contributed by atoms with E-state index in [1.54, 1.807) is 6.92 Å². The summed E-state index contributed by atoms with van der Waals surface area (Å²) >= 11 is 0. The number of aliphatic hydroxyl groups excluding tert-OH is 1. The second-order valence-electron chi connectivity index (χ2n) is 2.16. The Labute approximate surface area is 47.8 Å². The van der Waals surface area contributed by atoms with Crippen molar-refractivity contribution in [3.63, 3.8) is 0 Å². The fourth-order valence-corrected chi connectivity index (χ4v) is 0.831. The average molecular weight is 115 g/mol. The summed E-state index contributed by atoms with van der Waals surface area (Å²) in [5, 5.41) is 19.3. The third kappa shape index (κ3) is 0.816. The van der Waals surface area contributed by atoms with Gasteiger partial charge in [0.2, 0.25) is 0 Å². The molecule has 0 amide bonds. The van der Waals surface area contributed by atoms with Gasteiger partial charge < -0.3 is 10.3 Å². The summed E-state index contributed by atoms with van der Waals surface area (Å²) in [4.78, 5) is 0. The molecule has 0 aliphatic carbocycles. The largest absolute Gasteiger partial charge is 0.624 e. The maximum absolute atomic E-state index is 10.5. The second-order valence-corrected chi connectivity index (χ2v) is 2.16. The molecule has 1 aliphatic heterocycles. The fourth-order valence-electron chi connectivity index (χ4n) is 0.831. The minimum absolute atomic E-state index is 0.0370. The van der Waals surface area contributed by atoms with E-state index in [0.29, 0.717) is 6.42 Å². The predicted octanol–water partition coefficient (Wildman–Crippen LogP) is -0.279. The molecule has 1 aliphatic rings. The van der Waals surface area contributed by atoms with Crippen molar-refractivity contribution >= 4 is 6.21 Å². The molecule has 1 rings (SSSR count). The fraction of sp³-hybridized carbons (Fsp3) is 0.800. The molecule has 0 spiro atoms. The van der Waals surface area contributed by atoms with Gasteiger partial charge in [-0.1, -0.05) is 0 Å². The van der Waals surface area contributed by atoms with E-state index >= 15 is 0 Å². The Balaban J connectivity index is 2.59. The van der Waals surface area contributed by atoms with Gasteiger partial charge in [0.25, 0.3) is 0 Å². The summed E-state index contributed by atoms with van der Waals surface area (Å²) in [6, 6.07) is -0.0370. The molecule has 0 saturated heterocycles. The first kappa shape index (κ1) is 5.56. The molecular weight excluding hydrogens is 106 g/mol. The number of nitrogens with zero attached hydrogens (tertiary/aromatic N) is 1. The van der Waals surface area contributed by atoms with Gasteiger partial charge in [-0.05, 0) is 6.92 Å². The SMILES string of the molecule is CC1CC(O)C=[N+]1[O-]. The first-order valence-corrected chi connectivity index (χ1v) is 2.68. The first-order valence-electron chi connectivity index (χ1n) is 2.68. The van der Waals surface area contributed by atoms with Crippen molar-refractivity contribution in [2.75, 3.05) is 0 Å². The molecular formula is C5H9NO2. The second kappa shape index (κ2) is 1.74. The summed E-state index contributed by atoms with van der Waals surface area (Å²) in [5.74, 6) is 0. The Hall–Kier alpha value is -0.570. The van der Waals surface area contributed by atoms with Crippen molar-refractivity contribution in [3.05, 3.63) is 5.21 Å². The van der Waals surface area contributed by atoms with Gasteiger partial charge in [-0.15, -0.1) is 0 Å². The molecule has 0 aromatic rings. The lowest BCUT2D eigenvalue weighted by Gasteiger charge is -2.01. The van der Waals surface area contributed by atoms with Crippen LogP contribution in [0.25, 0.3) is 0 Å². The molecule has 0 fully saturated rings. The molecule has 2 atom stereocenters. The van der Waals surface area contributed by atoms with Crippen LogP contribution in [-0.2, 0) is 0 Å². The molecule has 0 saturated carbocycles. The molecule has 46 valence electrons. The van der Waals surface area contributed by atoms with Crippen LogP contribution in [0.4, 0.5) is 0 Å². The van der Waals surface area contributed by atoms with Crippen LogP contribution < -0.4 is 0 Å². The molecule has 3 nitrogen and oxygen atoms in total. The lowest BCUT2D eigenvalue weighted by atomic mass is 10.2. The molecule has 1 heterocycles. The van der Waals surface area contributed by atoms with E-state index in [-0.39, 0.29) is 6.04 Å². The molecule has 2 unspecified atom stereocenters. The van der Waals surface area contributed by atoms with E-state index in [4.69, 9.17) is 5.11 Å². The van der Waals surface area contributed by atoms with Crippen LogP contribution >= 0.6 is 0 Å². The van der Waals surface area contributed by atoms with Gasteiger partial charge in [0.05, 0.1) is 0 Å². The highest BCUT2D eigenvalue weighted by molar-refractivity contribution is 5.58. The Morgan fingerprint density at radius 1 is 1.88 bits per heavy atom. The molecule has 0 bridgehead atoms. The standard InChI is InChI=1S/C5H9NO2/c1-4-2-5(7)3-6(4)8/h3-5,7H,2H2,1H3. The molecule has 0 aromatic heterocycles. The minimum atomic E-state index is -0.512. The van der Waals surface area contributed by atoms with Gasteiger partial charge in [0, 0.05) is 6.42 Å². The van der Waals surface area contributed by atoms with Crippen molar-refractivity contribution in [1.82, 2.24) is 0 Å². The van der Waals surface area contributed by atoms with Crippen LogP contribution in [0.15, 0.2) is 0 Å². The lowest BCUT2D eigenvalue weighted by Crippen LogP contribution is -2.10. The molecule has 3 heteroatoms. The summed E-state index contributed by atoms with van der Waals surface area (Å²) < 4.78 is 0.796.